The molecule has 0 aliphatic rings. The first-order valence-corrected chi connectivity index (χ1v) is 10.2. The number of hydrogen-bond acceptors (Lipinski definition) is 4. The molecule has 1 N–H and O–H groups in total. The fourth-order valence-corrected chi connectivity index (χ4v) is 3.40. The molecule has 4 nitrogen and oxygen atoms in total. The second-order valence-corrected chi connectivity index (χ2v) is 7.90. The van der Waals surface area contributed by atoms with Crippen molar-refractivity contribution in [2.24, 2.45) is 0 Å². The van der Waals surface area contributed by atoms with Gasteiger partial charge >= 0.3 is 0 Å². The molecule has 1 aromatic heterocycles. The summed E-state index contributed by atoms with van der Waals surface area (Å²) in [6.45, 7) is 3.97. The third-order valence-corrected chi connectivity index (χ3v) is 5.12. The largest absolute Gasteiger partial charge is 0.491 e. The Hall–Kier alpha value is -2.34. The van der Waals surface area contributed by atoms with Crippen LogP contribution in [0.1, 0.15) is 19.4 Å². The highest BCUT2D eigenvalue weighted by atomic mass is 35.5. The molecule has 0 saturated carbocycles. The number of halogens is 2. The lowest BCUT2D eigenvalue weighted by Crippen LogP contribution is -2.07. The van der Waals surface area contributed by atoms with Gasteiger partial charge in [0.25, 0.3) is 0 Å². The maximum absolute atomic E-state index is 12.1. The number of rotatable bonds is 6. The number of ether oxygens (including phenoxy) is 1. The lowest BCUT2D eigenvalue weighted by molar-refractivity contribution is -0.111. The summed E-state index contributed by atoms with van der Waals surface area (Å²) in [5, 5.41) is 6.11. The Morgan fingerprint density at radius 2 is 1.89 bits per heavy atom. The first-order valence-electron chi connectivity index (χ1n) is 8.57. The van der Waals surface area contributed by atoms with Crippen LogP contribution in [-0.4, -0.2) is 17.0 Å². The Bertz CT molecular complexity index is 998. The SMILES string of the molecule is CC(C)Oc1ccc(-c2csc(NC(=O)/C=C/c3ccc(Cl)c(Cl)c3)n2)cc1. The third kappa shape index (κ3) is 5.58. The Morgan fingerprint density at radius 1 is 1.14 bits per heavy atom. The summed E-state index contributed by atoms with van der Waals surface area (Å²) in [6, 6.07) is 12.9. The number of amides is 1. The maximum Gasteiger partial charge on any atom is 0.250 e. The van der Waals surface area contributed by atoms with Crippen molar-refractivity contribution in [1.29, 1.82) is 0 Å². The minimum atomic E-state index is -0.271. The fraction of sp³-hybridized carbons (Fsp3) is 0.143. The van der Waals surface area contributed by atoms with Crippen molar-refractivity contribution >= 4 is 51.7 Å². The van der Waals surface area contributed by atoms with E-state index in [1.807, 2.05) is 43.5 Å². The molecule has 1 heterocycles. The number of hydrogen-bond donors (Lipinski definition) is 1. The summed E-state index contributed by atoms with van der Waals surface area (Å²) >= 11 is 13.2. The van der Waals surface area contributed by atoms with Gasteiger partial charge in [-0.2, -0.15) is 0 Å². The van der Waals surface area contributed by atoms with Gasteiger partial charge < -0.3 is 4.74 Å². The zero-order valence-corrected chi connectivity index (χ0v) is 17.6. The van der Waals surface area contributed by atoms with Crippen LogP contribution < -0.4 is 10.1 Å². The number of anilines is 1. The minimum Gasteiger partial charge on any atom is -0.491 e. The van der Waals surface area contributed by atoms with Crippen molar-refractivity contribution < 1.29 is 9.53 Å². The van der Waals surface area contributed by atoms with E-state index in [-0.39, 0.29) is 12.0 Å². The van der Waals surface area contributed by atoms with Crippen molar-refractivity contribution in [3.63, 3.8) is 0 Å². The quantitative estimate of drug-likeness (QED) is 0.448. The van der Waals surface area contributed by atoms with Crippen LogP contribution in [0.25, 0.3) is 17.3 Å². The van der Waals surface area contributed by atoms with E-state index < -0.39 is 0 Å². The molecule has 0 atom stereocenters. The van der Waals surface area contributed by atoms with Crippen LogP contribution in [0, 0.1) is 0 Å². The number of nitrogens with zero attached hydrogens (tertiary/aromatic N) is 1. The summed E-state index contributed by atoms with van der Waals surface area (Å²) in [5.41, 5.74) is 2.54. The van der Waals surface area contributed by atoms with E-state index in [2.05, 4.69) is 10.3 Å². The molecule has 7 heteroatoms. The van der Waals surface area contributed by atoms with Gasteiger partial charge in [0.1, 0.15) is 5.75 Å². The van der Waals surface area contributed by atoms with E-state index in [4.69, 9.17) is 27.9 Å². The highest BCUT2D eigenvalue weighted by Crippen LogP contribution is 2.27. The summed E-state index contributed by atoms with van der Waals surface area (Å²) in [6.07, 6.45) is 3.22. The number of carbonyl (C=O) groups is 1. The van der Waals surface area contributed by atoms with Crippen LogP contribution in [-0.2, 0) is 4.79 Å². The Morgan fingerprint density at radius 3 is 2.57 bits per heavy atom. The molecular weight excluding hydrogens is 415 g/mol. The van der Waals surface area contributed by atoms with Crippen LogP contribution in [0.5, 0.6) is 5.75 Å². The summed E-state index contributed by atoms with van der Waals surface area (Å²) in [4.78, 5) is 16.6. The van der Waals surface area contributed by atoms with Crippen molar-refractivity contribution in [1.82, 2.24) is 4.98 Å². The molecule has 0 aliphatic heterocycles. The predicted molar refractivity (Wildman–Crippen MR) is 117 cm³/mol. The molecule has 0 unspecified atom stereocenters. The highest BCUT2D eigenvalue weighted by molar-refractivity contribution is 7.14. The van der Waals surface area contributed by atoms with Crippen LogP contribution in [0.4, 0.5) is 5.13 Å². The number of nitrogens with one attached hydrogen (secondary N) is 1. The van der Waals surface area contributed by atoms with Crippen LogP contribution in [0.3, 0.4) is 0 Å². The van der Waals surface area contributed by atoms with Crippen molar-refractivity contribution in [3.8, 4) is 17.0 Å². The first-order chi connectivity index (χ1) is 13.4. The van der Waals surface area contributed by atoms with E-state index in [0.29, 0.717) is 15.2 Å². The van der Waals surface area contributed by atoms with E-state index in [0.717, 1.165) is 22.6 Å². The maximum atomic E-state index is 12.1. The number of thiazole rings is 1. The van der Waals surface area contributed by atoms with Gasteiger partial charge in [-0.15, -0.1) is 11.3 Å². The lowest BCUT2D eigenvalue weighted by atomic mass is 10.2. The normalized spacial score (nSPS) is 11.2. The van der Waals surface area contributed by atoms with Gasteiger partial charge in [0.2, 0.25) is 5.91 Å². The van der Waals surface area contributed by atoms with E-state index in [1.165, 1.54) is 17.4 Å². The first kappa shape index (κ1) is 20.4. The standard InChI is InChI=1S/C21H18Cl2N2O2S/c1-13(2)27-16-7-5-15(6-8-16)19-12-28-21(24-19)25-20(26)10-4-14-3-9-17(22)18(23)11-14/h3-13H,1-2H3,(H,24,25,26)/b10-4+. The van der Waals surface area contributed by atoms with E-state index in [1.54, 1.807) is 24.3 Å². The fourth-order valence-electron chi connectivity index (χ4n) is 2.38. The van der Waals surface area contributed by atoms with Gasteiger partial charge in [-0.3, -0.25) is 10.1 Å². The van der Waals surface area contributed by atoms with Gasteiger partial charge in [0, 0.05) is 17.0 Å². The van der Waals surface area contributed by atoms with Gasteiger partial charge in [0.05, 0.1) is 21.8 Å². The topological polar surface area (TPSA) is 51.2 Å². The van der Waals surface area contributed by atoms with Crippen LogP contribution in [0.2, 0.25) is 10.0 Å². The average molecular weight is 433 g/mol. The van der Waals surface area contributed by atoms with Gasteiger partial charge in [-0.25, -0.2) is 4.98 Å². The average Bonchev–Trinajstić information content (AvgIpc) is 3.11. The molecule has 3 aromatic rings. The molecular formula is C21H18Cl2N2O2S. The number of carbonyl (C=O) groups excluding carboxylic acids is 1. The molecule has 2 aromatic carbocycles. The van der Waals surface area contributed by atoms with Gasteiger partial charge in [-0.05, 0) is 61.9 Å². The van der Waals surface area contributed by atoms with E-state index >= 15 is 0 Å². The number of aromatic nitrogens is 1. The van der Waals surface area contributed by atoms with Crippen LogP contribution in [0.15, 0.2) is 53.9 Å². The molecule has 0 radical (unpaired) electrons. The van der Waals surface area contributed by atoms with Crippen LogP contribution >= 0.6 is 34.5 Å². The van der Waals surface area contributed by atoms with Crippen molar-refractivity contribution in [3.05, 3.63) is 69.5 Å². The zero-order valence-electron chi connectivity index (χ0n) is 15.3. The molecule has 28 heavy (non-hydrogen) atoms. The van der Waals surface area contributed by atoms with Crippen molar-refractivity contribution in [2.75, 3.05) is 5.32 Å². The van der Waals surface area contributed by atoms with E-state index in [9.17, 15) is 4.79 Å². The lowest BCUT2D eigenvalue weighted by Gasteiger charge is -2.09. The number of benzene rings is 2. The second kappa shape index (κ2) is 9.24. The van der Waals surface area contributed by atoms with Crippen molar-refractivity contribution in [2.45, 2.75) is 20.0 Å². The third-order valence-electron chi connectivity index (χ3n) is 3.63. The molecule has 1 amide bonds. The molecule has 0 aliphatic carbocycles. The smallest absolute Gasteiger partial charge is 0.250 e. The summed E-state index contributed by atoms with van der Waals surface area (Å²) in [7, 11) is 0. The molecule has 0 fully saturated rings. The molecule has 144 valence electrons. The van der Waals surface area contributed by atoms with Gasteiger partial charge in [0.15, 0.2) is 5.13 Å². The molecule has 0 bridgehead atoms. The Labute approximate surface area is 177 Å². The molecule has 3 rings (SSSR count). The summed E-state index contributed by atoms with van der Waals surface area (Å²) in [5.74, 6) is 0.544. The highest BCUT2D eigenvalue weighted by Gasteiger charge is 2.07. The monoisotopic (exact) mass is 432 g/mol. The summed E-state index contributed by atoms with van der Waals surface area (Å²) < 4.78 is 5.64. The molecule has 0 saturated heterocycles. The predicted octanol–water partition coefficient (Wildman–Crippen LogP) is 6.56. The zero-order chi connectivity index (χ0) is 20.1. The Balaban J connectivity index is 1.62. The molecule has 0 spiro atoms. The second-order valence-electron chi connectivity index (χ2n) is 6.23. The minimum absolute atomic E-state index is 0.129. The Kier molecular flexibility index (Phi) is 6.73. The van der Waals surface area contributed by atoms with Gasteiger partial charge in [-0.1, -0.05) is 29.3 Å².